The molecule has 10 nitrogen and oxygen atoms in total. The summed E-state index contributed by atoms with van der Waals surface area (Å²) in [5.41, 5.74) is -2.58. The fourth-order valence-corrected chi connectivity index (χ4v) is 3.18. The molecule has 26 heavy (non-hydrogen) atoms. The van der Waals surface area contributed by atoms with Crippen LogP contribution in [0, 0.1) is 17.0 Å². The minimum atomic E-state index is -1.29. The number of nitrogens with zero attached hydrogens (tertiary/aromatic N) is 1. The zero-order valence-electron chi connectivity index (χ0n) is 15.7. The maximum absolute atomic E-state index is 12.7. The van der Waals surface area contributed by atoms with Crippen LogP contribution in [-0.4, -0.2) is 53.6 Å². The Morgan fingerprint density at radius 3 is 1.35 bits per heavy atom. The maximum atomic E-state index is 12.7. The SMILES string of the molecule is CC(=O)OCOC(=O)[C@@H]1[C@@H](C(=O)OCOC(C)=O)C(C)(C)N([O-])C1(C)C. The van der Waals surface area contributed by atoms with Crippen LogP contribution in [0.1, 0.15) is 41.5 Å². The summed E-state index contributed by atoms with van der Waals surface area (Å²) in [6.45, 7) is 7.02. The van der Waals surface area contributed by atoms with Gasteiger partial charge in [0.15, 0.2) is 0 Å². The van der Waals surface area contributed by atoms with Crippen molar-refractivity contribution in [3.63, 3.8) is 0 Å². The Morgan fingerprint density at radius 1 is 0.769 bits per heavy atom. The van der Waals surface area contributed by atoms with E-state index in [1.54, 1.807) is 0 Å². The van der Waals surface area contributed by atoms with E-state index in [9.17, 15) is 24.4 Å². The number of hydrogen-bond donors (Lipinski definition) is 0. The molecule has 1 rings (SSSR count). The summed E-state index contributed by atoms with van der Waals surface area (Å²) >= 11 is 0. The highest BCUT2D eigenvalue weighted by Crippen LogP contribution is 2.49. The fraction of sp³-hybridized carbons (Fsp3) is 0.750. The molecule has 1 aliphatic heterocycles. The van der Waals surface area contributed by atoms with Crippen LogP contribution < -0.4 is 0 Å². The summed E-state index contributed by atoms with van der Waals surface area (Å²) in [7, 11) is 0. The second-order valence-electron chi connectivity index (χ2n) is 6.99. The van der Waals surface area contributed by atoms with Crippen LogP contribution in [0.4, 0.5) is 0 Å². The number of carbonyl (C=O) groups excluding carboxylic acids is 4. The van der Waals surface area contributed by atoms with Gasteiger partial charge in [0.25, 0.3) is 0 Å². The predicted octanol–water partition coefficient (Wildman–Crippen LogP) is 0.717. The number of hydroxylamine groups is 2. The Balaban J connectivity index is 3.03. The molecule has 0 N–H and O–H groups in total. The van der Waals surface area contributed by atoms with Crippen LogP contribution in [0.15, 0.2) is 0 Å². The molecule has 1 fully saturated rings. The zero-order valence-corrected chi connectivity index (χ0v) is 15.7. The lowest BCUT2D eigenvalue weighted by Gasteiger charge is -2.47. The van der Waals surface area contributed by atoms with Crippen LogP contribution in [0.25, 0.3) is 0 Å². The van der Waals surface area contributed by atoms with Crippen molar-refractivity contribution < 1.29 is 38.1 Å². The van der Waals surface area contributed by atoms with E-state index in [4.69, 9.17) is 9.47 Å². The van der Waals surface area contributed by atoms with Crippen molar-refractivity contribution in [1.82, 2.24) is 5.06 Å². The van der Waals surface area contributed by atoms with E-state index in [-0.39, 0.29) is 0 Å². The third kappa shape index (κ3) is 4.50. The van der Waals surface area contributed by atoms with E-state index in [0.29, 0.717) is 5.06 Å². The quantitative estimate of drug-likeness (QED) is 0.484. The highest BCUT2D eigenvalue weighted by atomic mass is 16.7. The van der Waals surface area contributed by atoms with Crippen LogP contribution in [0.5, 0.6) is 0 Å². The smallest absolute Gasteiger partial charge is 0.314 e. The lowest BCUT2D eigenvalue weighted by Crippen LogP contribution is -2.47. The summed E-state index contributed by atoms with van der Waals surface area (Å²) in [6.07, 6.45) is 0. The Hall–Kier alpha value is -2.20. The summed E-state index contributed by atoms with van der Waals surface area (Å²) in [6, 6.07) is 0. The molecule has 0 saturated carbocycles. The highest BCUT2D eigenvalue weighted by molar-refractivity contribution is 5.85. The molecular weight excluding hydrogens is 350 g/mol. The van der Waals surface area contributed by atoms with Gasteiger partial charge in [-0.25, -0.2) is 0 Å². The molecule has 0 aromatic rings. The zero-order chi connectivity index (χ0) is 20.3. The lowest BCUT2D eigenvalue weighted by atomic mass is 9.77. The molecule has 0 spiro atoms. The van der Waals surface area contributed by atoms with Gasteiger partial charge in [-0.05, 0) is 27.7 Å². The molecule has 0 radical (unpaired) electrons. The molecule has 0 unspecified atom stereocenters. The van der Waals surface area contributed by atoms with Crippen molar-refractivity contribution in [3.05, 3.63) is 5.21 Å². The van der Waals surface area contributed by atoms with Gasteiger partial charge in [-0.2, -0.15) is 0 Å². The second kappa shape index (κ2) is 8.00. The first-order valence-electron chi connectivity index (χ1n) is 7.91. The molecule has 1 heterocycles. The van der Waals surface area contributed by atoms with E-state index < -0.39 is 60.4 Å². The third-order valence-corrected chi connectivity index (χ3v) is 4.34. The summed E-state index contributed by atoms with van der Waals surface area (Å²) in [4.78, 5) is 46.6. The van der Waals surface area contributed by atoms with E-state index in [2.05, 4.69) is 9.47 Å². The van der Waals surface area contributed by atoms with Crippen LogP contribution in [-0.2, 0) is 38.1 Å². The van der Waals surface area contributed by atoms with Crippen molar-refractivity contribution in [2.45, 2.75) is 52.6 Å². The van der Waals surface area contributed by atoms with Gasteiger partial charge in [0.2, 0.25) is 13.6 Å². The molecule has 0 aromatic heterocycles. The van der Waals surface area contributed by atoms with E-state index in [1.165, 1.54) is 27.7 Å². The topological polar surface area (TPSA) is 132 Å². The van der Waals surface area contributed by atoms with Crippen molar-refractivity contribution in [1.29, 1.82) is 0 Å². The van der Waals surface area contributed by atoms with E-state index in [0.717, 1.165) is 13.8 Å². The summed E-state index contributed by atoms with van der Waals surface area (Å²) in [5, 5.41) is 13.3. The highest BCUT2D eigenvalue weighted by Gasteiger charge is 2.61. The molecule has 2 atom stereocenters. The minimum Gasteiger partial charge on any atom is -0.784 e. The van der Waals surface area contributed by atoms with Gasteiger partial charge in [-0.3, -0.25) is 19.2 Å². The van der Waals surface area contributed by atoms with E-state index in [1.807, 2.05) is 0 Å². The Bertz CT molecular complexity index is 534. The summed E-state index contributed by atoms with van der Waals surface area (Å²) < 4.78 is 18.9. The molecule has 10 heteroatoms. The molecule has 0 amide bonds. The molecule has 148 valence electrons. The molecule has 1 saturated heterocycles. The number of rotatable bonds is 6. The largest absolute Gasteiger partial charge is 0.784 e. The van der Waals surface area contributed by atoms with Gasteiger partial charge in [0.1, 0.15) is 0 Å². The normalized spacial score (nSPS) is 23.8. The van der Waals surface area contributed by atoms with E-state index >= 15 is 0 Å². The Labute approximate surface area is 151 Å². The van der Waals surface area contributed by atoms with Gasteiger partial charge in [0, 0.05) is 24.9 Å². The van der Waals surface area contributed by atoms with Crippen LogP contribution >= 0.6 is 0 Å². The second-order valence-corrected chi connectivity index (χ2v) is 6.99. The van der Waals surface area contributed by atoms with Crippen LogP contribution in [0.2, 0.25) is 0 Å². The van der Waals surface area contributed by atoms with Crippen LogP contribution in [0.3, 0.4) is 0 Å². The average molecular weight is 374 g/mol. The van der Waals surface area contributed by atoms with Crippen molar-refractivity contribution in [3.8, 4) is 0 Å². The molecule has 1 aliphatic rings. The first-order valence-corrected chi connectivity index (χ1v) is 7.91. The monoisotopic (exact) mass is 374 g/mol. The molecular formula is C16H24NO9-. The van der Waals surface area contributed by atoms with Gasteiger partial charge in [-0.1, -0.05) is 0 Å². The van der Waals surface area contributed by atoms with Gasteiger partial charge in [0.05, 0.1) is 11.8 Å². The van der Waals surface area contributed by atoms with Crippen molar-refractivity contribution in [2.75, 3.05) is 13.6 Å². The summed E-state index contributed by atoms with van der Waals surface area (Å²) in [5.74, 6) is -5.42. The standard InChI is InChI=1S/C16H24NO9/c1-9(18)23-7-25-13(20)11-12(14(21)26-8-24-10(2)19)16(5,6)17(22)15(11,3)4/h11-12H,7-8H2,1-6H3/q-1/t11-,12-/m0/s1. The maximum Gasteiger partial charge on any atom is 0.314 e. The first-order chi connectivity index (χ1) is 11.8. The molecule has 0 bridgehead atoms. The van der Waals surface area contributed by atoms with Crippen molar-refractivity contribution >= 4 is 23.9 Å². The number of esters is 4. The number of ether oxygens (including phenoxy) is 4. The van der Waals surface area contributed by atoms with Crippen molar-refractivity contribution in [2.24, 2.45) is 11.8 Å². The molecule has 0 aromatic carbocycles. The molecule has 0 aliphatic carbocycles. The third-order valence-electron chi connectivity index (χ3n) is 4.34. The average Bonchev–Trinajstić information content (AvgIpc) is 2.63. The number of carbonyl (C=O) groups is 4. The fourth-order valence-electron chi connectivity index (χ4n) is 3.18. The van der Waals surface area contributed by atoms with Gasteiger partial charge in [-0.15, -0.1) is 0 Å². The Kier molecular flexibility index (Phi) is 6.72. The van der Waals surface area contributed by atoms with Gasteiger partial charge < -0.3 is 29.2 Å². The lowest BCUT2D eigenvalue weighted by molar-refractivity contribution is -0.180. The predicted molar refractivity (Wildman–Crippen MR) is 85.8 cm³/mol. The number of hydrogen-bond acceptors (Lipinski definition) is 10. The van der Waals surface area contributed by atoms with Gasteiger partial charge >= 0.3 is 23.9 Å². The minimum absolute atomic E-state index is 0.630. The first kappa shape index (κ1) is 21.8. The Morgan fingerprint density at radius 2 is 1.08 bits per heavy atom.